The predicted octanol–water partition coefficient (Wildman–Crippen LogP) is 0.373. The van der Waals surface area contributed by atoms with Gasteiger partial charge in [0.25, 0.3) is 5.91 Å². The van der Waals surface area contributed by atoms with Crippen LogP contribution in [0.2, 0.25) is 0 Å². The van der Waals surface area contributed by atoms with Gasteiger partial charge < -0.3 is 60.9 Å². The fourth-order valence-corrected chi connectivity index (χ4v) is 9.78. The van der Waals surface area contributed by atoms with Gasteiger partial charge in [0.1, 0.15) is 42.4 Å². The molecular weight excluding hydrogens is 985 g/mol. The number of nitrogens with two attached hydrogens (primary N) is 1. The third-order valence-electron chi connectivity index (χ3n) is 9.71. The number of hydrogen-bond donors (Lipinski definition) is 10. The Morgan fingerprint density at radius 3 is 2.24 bits per heavy atom. The number of thioether (sulfide) groups is 1. The Labute approximate surface area is 390 Å². The first kappa shape index (κ1) is 54.4. The van der Waals surface area contributed by atoms with Gasteiger partial charge in [-0.2, -0.15) is 4.31 Å². The van der Waals surface area contributed by atoms with E-state index < -0.39 is 102 Å². The molecule has 2 aromatic heterocycles. The van der Waals surface area contributed by atoms with Crippen LogP contribution in [0.25, 0.3) is 11.2 Å². The molecule has 68 heavy (non-hydrogen) atoms. The Morgan fingerprint density at radius 1 is 0.926 bits per heavy atom. The van der Waals surface area contributed by atoms with Crippen molar-refractivity contribution in [1.82, 2.24) is 30.2 Å². The average Bonchev–Trinajstić information content (AvgIpc) is 3.85. The molecule has 5 rings (SSSR count). The molecule has 372 valence electrons. The first-order valence-electron chi connectivity index (χ1n) is 20.0. The minimum Gasteiger partial charge on any atom is -0.386 e. The summed E-state index contributed by atoms with van der Waals surface area (Å²) < 4.78 is 62.4. The number of phosphoric acid groups is 3. The highest BCUT2D eigenvalue weighted by molar-refractivity contribution is 8.13. The van der Waals surface area contributed by atoms with Crippen LogP contribution in [0.5, 0.6) is 0 Å². The molecule has 3 heterocycles. The Bertz CT molecular complexity index is 2540. The fraction of sp³-hybridized carbons (Fsp3) is 0.432. The SMILES string of the molecule is CC(C)(COP(=O)(O)OP(=O)(O)OC[C@H]1O[C@@H](n2cnc3c(N)ncnc32)[C@H](O)[C@@H]1OP(=O)(O)O)[C@@H](O)C(=O)NCCC(=O)NCCSC(=O)C(O)CN(C(=O)c1ccccc1)c1ccccc1. The minimum absolute atomic E-state index is 0.0107. The molecule has 0 aliphatic carbocycles. The van der Waals surface area contributed by atoms with Crippen LogP contribution in [0.1, 0.15) is 36.9 Å². The second-order valence-corrected chi connectivity index (χ2v) is 20.7. The van der Waals surface area contributed by atoms with Crippen molar-refractivity contribution in [3.05, 3.63) is 78.9 Å². The maximum absolute atomic E-state index is 13.2. The Balaban J connectivity index is 1.02. The van der Waals surface area contributed by atoms with E-state index in [9.17, 15) is 67.8 Å². The summed E-state index contributed by atoms with van der Waals surface area (Å²) in [6.07, 6.45) is -8.76. The van der Waals surface area contributed by atoms with Crippen LogP contribution in [0.3, 0.4) is 0 Å². The molecule has 27 nitrogen and oxygen atoms in total. The predicted molar refractivity (Wildman–Crippen MR) is 238 cm³/mol. The summed E-state index contributed by atoms with van der Waals surface area (Å²) in [7, 11) is -16.5. The summed E-state index contributed by atoms with van der Waals surface area (Å²) in [5.41, 5.74) is 5.01. The van der Waals surface area contributed by atoms with Crippen molar-refractivity contribution in [2.75, 3.05) is 49.2 Å². The number of para-hydroxylation sites is 1. The normalized spacial score (nSPS) is 20.2. The summed E-state index contributed by atoms with van der Waals surface area (Å²) in [4.78, 5) is 104. The van der Waals surface area contributed by atoms with Crippen LogP contribution in [0, 0.1) is 5.41 Å². The van der Waals surface area contributed by atoms with E-state index in [1.54, 1.807) is 60.7 Å². The standard InChI is InChI=1S/C37H49N8O19P3S/c1-37(2,19-61-67(58,59)64-66(56,57)60-18-25-29(63-65(53,54)55)28(48)35(62-25)45-21-43-27-31(38)41-20-42-32(27)45)30(49)33(50)40-14-13-26(47)39-15-16-68-36(52)24(46)17-44(23-11-7-4-8-12-23)34(51)22-9-5-3-6-10-22/h3-12,20-21,24-25,28-30,35,46,48-49H,13-19H2,1-2H3,(H,39,47)(H,40,50)(H,56,57)(H,58,59)(H2,38,41,42)(H2,53,54,55)/t24?,25-,28-,29-,30+,35-/m1/s1. The zero-order valence-corrected chi connectivity index (χ0v) is 39.4. The van der Waals surface area contributed by atoms with Gasteiger partial charge in [0, 0.05) is 41.9 Å². The number of benzene rings is 2. The zero-order valence-electron chi connectivity index (χ0n) is 35.9. The second-order valence-electron chi connectivity index (χ2n) is 15.4. The third kappa shape index (κ3) is 15.2. The van der Waals surface area contributed by atoms with E-state index in [-0.39, 0.29) is 48.8 Å². The number of amides is 3. The number of imidazole rings is 1. The molecule has 0 saturated carbocycles. The van der Waals surface area contributed by atoms with Gasteiger partial charge in [-0.3, -0.25) is 37.3 Å². The number of nitrogen functional groups attached to an aromatic ring is 1. The zero-order chi connectivity index (χ0) is 50.0. The number of rotatable bonds is 24. The highest BCUT2D eigenvalue weighted by Crippen LogP contribution is 2.61. The molecule has 1 aliphatic heterocycles. The van der Waals surface area contributed by atoms with Gasteiger partial charge in [0.05, 0.1) is 26.1 Å². The monoisotopic (exact) mass is 1030 g/mol. The lowest BCUT2D eigenvalue weighted by atomic mass is 9.87. The van der Waals surface area contributed by atoms with E-state index >= 15 is 0 Å². The molecule has 1 saturated heterocycles. The molecule has 0 bridgehead atoms. The Hall–Kier alpha value is -4.57. The maximum Gasteiger partial charge on any atom is 0.481 e. The van der Waals surface area contributed by atoms with Crippen molar-refractivity contribution in [2.45, 2.75) is 57.0 Å². The Morgan fingerprint density at radius 2 is 1.57 bits per heavy atom. The van der Waals surface area contributed by atoms with E-state index in [0.29, 0.717) is 11.3 Å². The maximum atomic E-state index is 13.2. The first-order chi connectivity index (χ1) is 31.9. The molecule has 3 amide bonds. The molecule has 11 N–H and O–H groups in total. The molecule has 0 spiro atoms. The number of carbonyl (C=O) groups is 4. The molecule has 8 atom stereocenters. The smallest absolute Gasteiger partial charge is 0.386 e. The number of aliphatic hydroxyl groups is 3. The largest absolute Gasteiger partial charge is 0.481 e. The topological polar surface area (TPSA) is 404 Å². The van der Waals surface area contributed by atoms with E-state index in [0.717, 1.165) is 29.0 Å². The number of ether oxygens (including phenoxy) is 1. The number of nitrogens with one attached hydrogen (secondary N) is 2. The van der Waals surface area contributed by atoms with Gasteiger partial charge in [-0.25, -0.2) is 28.6 Å². The number of anilines is 2. The van der Waals surface area contributed by atoms with Crippen molar-refractivity contribution in [2.24, 2.45) is 5.41 Å². The number of carbonyl (C=O) groups excluding carboxylic acids is 4. The molecule has 2 aromatic carbocycles. The van der Waals surface area contributed by atoms with Crippen molar-refractivity contribution >= 4 is 80.7 Å². The van der Waals surface area contributed by atoms with Crippen molar-refractivity contribution in [3.8, 4) is 0 Å². The summed E-state index contributed by atoms with van der Waals surface area (Å²) in [5.74, 6) is -2.01. The molecule has 4 aromatic rings. The van der Waals surface area contributed by atoms with Crippen LogP contribution in [-0.2, 0) is 50.7 Å². The number of aromatic nitrogens is 4. The summed E-state index contributed by atoms with van der Waals surface area (Å²) in [6.45, 7) is -0.268. The number of fused-ring (bicyclic) bond motifs is 1. The fourth-order valence-electron chi connectivity index (χ4n) is 6.28. The quantitative estimate of drug-likeness (QED) is 0.0335. The highest BCUT2D eigenvalue weighted by atomic mass is 32.2. The van der Waals surface area contributed by atoms with Crippen molar-refractivity contribution in [1.29, 1.82) is 0 Å². The molecule has 3 unspecified atom stereocenters. The van der Waals surface area contributed by atoms with Crippen LogP contribution in [0.15, 0.2) is 73.3 Å². The van der Waals surface area contributed by atoms with Gasteiger partial charge in [0.15, 0.2) is 17.7 Å². The van der Waals surface area contributed by atoms with E-state index in [2.05, 4.69) is 34.4 Å². The van der Waals surface area contributed by atoms with Gasteiger partial charge in [-0.1, -0.05) is 62.0 Å². The second kappa shape index (κ2) is 23.4. The van der Waals surface area contributed by atoms with Gasteiger partial charge in [-0.05, 0) is 24.3 Å². The lowest BCUT2D eigenvalue weighted by molar-refractivity contribution is -0.137. The van der Waals surface area contributed by atoms with E-state index in [1.807, 2.05) is 0 Å². The molecular formula is C37H49N8O19P3S. The molecule has 1 fully saturated rings. The van der Waals surface area contributed by atoms with Crippen LogP contribution in [0.4, 0.5) is 11.5 Å². The summed E-state index contributed by atoms with van der Waals surface area (Å²) >= 11 is 0.735. The Kier molecular flexibility index (Phi) is 18.7. The van der Waals surface area contributed by atoms with E-state index in [4.69, 9.17) is 19.5 Å². The first-order valence-corrected chi connectivity index (χ1v) is 25.5. The van der Waals surface area contributed by atoms with Crippen LogP contribution in [-0.4, -0.2) is 146 Å². The number of phosphoric ester groups is 3. The lowest BCUT2D eigenvalue weighted by Crippen LogP contribution is -2.46. The average molecular weight is 1030 g/mol. The summed E-state index contributed by atoms with van der Waals surface area (Å²) in [5, 5.41) is 36.5. The number of hydrogen-bond acceptors (Lipinski definition) is 20. The third-order valence-corrected chi connectivity index (χ3v) is 13.8. The van der Waals surface area contributed by atoms with Crippen LogP contribution < -0.4 is 21.3 Å². The highest BCUT2D eigenvalue weighted by Gasteiger charge is 2.50. The molecule has 31 heteroatoms. The molecule has 1 aliphatic rings. The summed E-state index contributed by atoms with van der Waals surface area (Å²) in [6, 6.07) is 16.8. The van der Waals surface area contributed by atoms with Gasteiger partial charge in [-0.15, -0.1) is 0 Å². The van der Waals surface area contributed by atoms with Crippen LogP contribution >= 0.6 is 35.2 Å². The van der Waals surface area contributed by atoms with Gasteiger partial charge >= 0.3 is 23.5 Å². The number of nitrogens with zero attached hydrogens (tertiary/aromatic N) is 5. The minimum atomic E-state index is -5.62. The lowest BCUT2D eigenvalue weighted by Gasteiger charge is -2.30. The van der Waals surface area contributed by atoms with E-state index in [1.165, 1.54) is 18.7 Å². The van der Waals surface area contributed by atoms with Gasteiger partial charge in [0.2, 0.25) is 16.9 Å². The van der Waals surface area contributed by atoms with Crippen molar-refractivity contribution in [3.63, 3.8) is 0 Å². The number of aliphatic hydroxyl groups excluding tert-OH is 3. The van der Waals surface area contributed by atoms with Crippen molar-refractivity contribution < 1.29 is 90.4 Å². The molecule has 0 radical (unpaired) electrons.